The molecule has 0 saturated heterocycles. The summed E-state index contributed by atoms with van der Waals surface area (Å²) in [5.74, 6) is 0.194. The van der Waals surface area contributed by atoms with Gasteiger partial charge in [0.15, 0.2) is 0 Å². The van der Waals surface area contributed by atoms with Crippen molar-refractivity contribution < 1.29 is 0 Å². The number of rotatable bonds is 4. The van der Waals surface area contributed by atoms with Gasteiger partial charge in [-0.3, -0.25) is 0 Å². The molecule has 3 aromatic heterocycles. The molecule has 0 amide bonds. The largest absolute Gasteiger partial charge is 0.309 e. The van der Waals surface area contributed by atoms with Crippen LogP contribution in [0, 0.1) is 0 Å². The topological polar surface area (TPSA) is 14.8 Å². The van der Waals surface area contributed by atoms with Gasteiger partial charge in [0.05, 0.1) is 38.8 Å². The van der Waals surface area contributed by atoms with Crippen molar-refractivity contribution in [1.82, 2.24) is 13.7 Å². The molecule has 13 rings (SSSR count). The third-order valence-electron chi connectivity index (χ3n) is 12.7. The standard InChI is InChI=1S/C55H35N3/c1-2-15-36(16-3-1)56-47-24-11-8-20-41(47)46-34-37(30-32-50(46)56)57-49-26-13-10-23-44(49)55-52(57)27-14-28-53(55)58-48-25-12-9-19-40(48)45-33-35(29-31-51(45)58)54-42-21-6-4-17-38(42)39-18-5-7-22-43(39)54/h1-34,54H. The van der Waals surface area contributed by atoms with E-state index >= 15 is 0 Å². The van der Waals surface area contributed by atoms with Crippen LogP contribution in [0.15, 0.2) is 206 Å². The first-order valence-electron chi connectivity index (χ1n) is 20.1. The average Bonchev–Trinajstić information content (AvgIpc) is 4.01. The first-order valence-corrected chi connectivity index (χ1v) is 20.1. The zero-order valence-corrected chi connectivity index (χ0v) is 31.5. The van der Waals surface area contributed by atoms with Crippen LogP contribution in [0.5, 0.6) is 0 Å². The number of hydrogen-bond donors (Lipinski definition) is 0. The van der Waals surface area contributed by atoms with E-state index in [-0.39, 0.29) is 5.92 Å². The normalized spacial score (nSPS) is 12.8. The minimum absolute atomic E-state index is 0.194. The van der Waals surface area contributed by atoms with Crippen LogP contribution in [0.2, 0.25) is 0 Å². The van der Waals surface area contributed by atoms with Crippen molar-refractivity contribution in [1.29, 1.82) is 0 Å². The lowest BCUT2D eigenvalue weighted by Gasteiger charge is -2.15. The first kappa shape index (κ1) is 31.6. The molecular formula is C55H35N3. The van der Waals surface area contributed by atoms with Crippen LogP contribution >= 0.6 is 0 Å². The molecule has 1 aliphatic carbocycles. The van der Waals surface area contributed by atoms with Crippen molar-refractivity contribution in [2.75, 3.05) is 0 Å². The van der Waals surface area contributed by atoms with Gasteiger partial charge in [0.1, 0.15) is 0 Å². The molecule has 270 valence electrons. The fourth-order valence-corrected chi connectivity index (χ4v) is 10.4. The number of benzene rings is 9. The Kier molecular flexibility index (Phi) is 6.50. The molecule has 3 heterocycles. The van der Waals surface area contributed by atoms with Crippen molar-refractivity contribution in [3.8, 4) is 28.2 Å². The van der Waals surface area contributed by atoms with Crippen LogP contribution in [-0.2, 0) is 0 Å². The SMILES string of the molecule is c1ccc(-n2c3ccccc3c3cc(-n4c5ccccc5c5c(-n6c7ccccc7c7cc(C8c9ccccc9-c9ccccc98)ccc76)cccc54)ccc32)cc1. The number of aromatic nitrogens is 3. The van der Waals surface area contributed by atoms with Crippen LogP contribution in [0.4, 0.5) is 0 Å². The van der Waals surface area contributed by atoms with Gasteiger partial charge in [-0.1, -0.05) is 133 Å². The van der Waals surface area contributed by atoms with E-state index in [4.69, 9.17) is 0 Å². The Labute approximate surface area is 334 Å². The van der Waals surface area contributed by atoms with Gasteiger partial charge < -0.3 is 13.7 Å². The summed E-state index contributed by atoms with van der Waals surface area (Å²) >= 11 is 0. The fraction of sp³-hybridized carbons (Fsp3) is 0.0182. The van der Waals surface area contributed by atoms with Crippen molar-refractivity contribution in [3.63, 3.8) is 0 Å². The molecule has 1 aliphatic rings. The van der Waals surface area contributed by atoms with E-state index in [1.807, 2.05) is 0 Å². The molecule has 0 aliphatic heterocycles. The highest BCUT2D eigenvalue weighted by Gasteiger charge is 2.30. The highest BCUT2D eigenvalue weighted by Crippen LogP contribution is 2.49. The maximum atomic E-state index is 2.50. The smallest absolute Gasteiger partial charge is 0.0562 e. The Morgan fingerprint density at radius 1 is 0.293 bits per heavy atom. The van der Waals surface area contributed by atoms with Crippen LogP contribution in [-0.4, -0.2) is 13.7 Å². The highest BCUT2D eigenvalue weighted by molar-refractivity contribution is 6.17. The Balaban J connectivity index is 1.04. The summed E-state index contributed by atoms with van der Waals surface area (Å²) in [5.41, 5.74) is 17.5. The highest BCUT2D eigenvalue weighted by atomic mass is 15.0. The van der Waals surface area contributed by atoms with Gasteiger partial charge in [-0.2, -0.15) is 0 Å². The van der Waals surface area contributed by atoms with E-state index < -0.39 is 0 Å². The van der Waals surface area contributed by atoms with Crippen LogP contribution in [0.3, 0.4) is 0 Å². The second-order valence-corrected chi connectivity index (χ2v) is 15.7. The molecule has 0 atom stereocenters. The fourth-order valence-electron chi connectivity index (χ4n) is 10.4. The van der Waals surface area contributed by atoms with Crippen molar-refractivity contribution >= 4 is 65.4 Å². The summed E-state index contributed by atoms with van der Waals surface area (Å²) in [4.78, 5) is 0. The Bertz CT molecular complexity index is 3590. The quantitative estimate of drug-likeness (QED) is 0.171. The summed E-state index contributed by atoms with van der Waals surface area (Å²) in [7, 11) is 0. The predicted molar refractivity (Wildman–Crippen MR) is 242 cm³/mol. The van der Waals surface area contributed by atoms with Crippen LogP contribution in [0.25, 0.3) is 93.6 Å². The summed E-state index contributed by atoms with van der Waals surface area (Å²) in [6, 6.07) is 76.1. The van der Waals surface area contributed by atoms with Gasteiger partial charge in [-0.05, 0) is 101 Å². The van der Waals surface area contributed by atoms with Crippen LogP contribution < -0.4 is 0 Å². The molecular weight excluding hydrogens is 703 g/mol. The van der Waals surface area contributed by atoms with E-state index in [1.54, 1.807) is 0 Å². The van der Waals surface area contributed by atoms with Gasteiger partial charge in [-0.25, -0.2) is 0 Å². The predicted octanol–water partition coefficient (Wildman–Crippen LogP) is 14.1. The van der Waals surface area contributed by atoms with Gasteiger partial charge in [0.2, 0.25) is 0 Å². The maximum Gasteiger partial charge on any atom is 0.0562 e. The van der Waals surface area contributed by atoms with Gasteiger partial charge in [0.25, 0.3) is 0 Å². The first-order chi connectivity index (χ1) is 28.8. The van der Waals surface area contributed by atoms with Crippen molar-refractivity contribution in [2.45, 2.75) is 5.92 Å². The second-order valence-electron chi connectivity index (χ2n) is 15.7. The molecule has 0 unspecified atom stereocenters. The molecule has 0 N–H and O–H groups in total. The summed E-state index contributed by atoms with van der Waals surface area (Å²) in [6.45, 7) is 0. The molecule has 0 radical (unpaired) electrons. The average molecular weight is 738 g/mol. The van der Waals surface area contributed by atoms with Crippen molar-refractivity contribution in [2.24, 2.45) is 0 Å². The molecule has 0 spiro atoms. The third kappa shape index (κ3) is 4.28. The second kappa shape index (κ2) is 11.9. The van der Waals surface area contributed by atoms with E-state index in [0.29, 0.717) is 0 Å². The zero-order chi connectivity index (χ0) is 37.9. The molecule has 12 aromatic rings. The number of nitrogens with zero attached hydrogens (tertiary/aromatic N) is 3. The number of para-hydroxylation sites is 4. The lowest BCUT2D eigenvalue weighted by Crippen LogP contribution is -2.00. The number of hydrogen-bond acceptors (Lipinski definition) is 0. The minimum Gasteiger partial charge on any atom is -0.309 e. The molecule has 0 saturated carbocycles. The molecule has 9 aromatic carbocycles. The van der Waals surface area contributed by atoms with Gasteiger partial charge in [-0.15, -0.1) is 0 Å². The summed E-state index contributed by atoms with van der Waals surface area (Å²) < 4.78 is 7.35. The lowest BCUT2D eigenvalue weighted by atomic mass is 9.88. The molecule has 3 heteroatoms. The lowest BCUT2D eigenvalue weighted by molar-refractivity contribution is 1.02. The van der Waals surface area contributed by atoms with Gasteiger partial charge >= 0.3 is 0 Å². The van der Waals surface area contributed by atoms with Gasteiger partial charge in [0, 0.05) is 49.6 Å². The summed E-state index contributed by atoms with van der Waals surface area (Å²) in [5, 5.41) is 7.51. The van der Waals surface area contributed by atoms with E-state index in [1.165, 1.54) is 105 Å². The third-order valence-corrected chi connectivity index (χ3v) is 12.7. The molecule has 0 fully saturated rings. The van der Waals surface area contributed by atoms with E-state index in [0.717, 1.165) is 5.69 Å². The Morgan fingerprint density at radius 2 is 0.793 bits per heavy atom. The van der Waals surface area contributed by atoms with Crippen molar-refractivity contribution in [3.05, 3.63) is 223 Å². The van der Waals surface area contributed by atoms with Crippen LogP contribution in [0.1, 0.15) is 22.6 Å². The summed E-state index contributed by atoms with van der Waals surface area (Å²) in [6.07, 6.45) is 0. The van der Waals surface area contributed by atoms with E-state index in [9.17, 15) is 0 Å². The molecule has 58 heavy (non-hydrogen) atoms. The zero-order valence-electron chi connectivity index (χ0n) is 31.5. The molecule has 0 bridgehead atoms. The maximum absolute atomic E-state index is 2.50. The monoisotopic (exact) mass is 737 g/mol. The molecule has 3 nitrogen and oxygen atoms in total. The Hall–Kier alpha value is -7.62. The Morgan fingerprint density at radius 3 is 1.52 bits per heavy atom. The minimum atomic E-state index is 0.194. The van der Waals surface area contributed by atoms with E-state index in [2.05, 4.69) is 220 Å². The number of fused-ring (bicyclic) bond motifs is 12.